The summed E-state index contributed by atoms with van der Waals surface area (Å²) in [5, 5.41) is 6.14. The maximum absolute atomic E-state index is 13.4. The summed E-state index contributed by atoms with van der Waals surface area (Å²) < 4.78 is 3.92. The van der Waals surface area contributed by atoms with Crippen LogP contribution in [0.4, 0.5) is 0 Å². The highest BCUT2D eigenvalue weighted by Gasteiger charge is 2.31. The minimum Gasteiger partial charge on any atom is -0.359 e. The van der Waals surface area contributed by atoms with Gasteiger partial charge in [0.1, 0.15) is 5.82 Å². The Bertz CT molecular complexity index is 1170. The van der Waals surface area contributed by atoms with Crippen molar-refractivity contribution in [1.29, 1.82) is 0 Å². The third-order valence-electron chi connectivity index (χ3n) is 6.52. The summed E-state index contributed by atoms with van der Waals surface area (Å²) in [5.41, 5.74) is 3.85. The van der Waals surface area contributed by atoms with E-state index >= 15 is 0 Å². The number of carbonyl (C=O) groups excluding carboxylic acids is 1. The van der Waals surface area contributed by atoms with E-state index in [4.69, 9.17) is 0 Å². The van der Waals surface area contributed by atoms with Crippen LogP contribution in [0, 0.1) is 5.92 Å². The molecule has 0 aliphatic carbocycles. The Labute approximate surface area is 205 Å². The molecule has 4 heterocycles. The van der Waals surface area contributed by atoms with Gasteiger partial charge in [0.2, 0.25) is 5.91 Å². The number of aryl methyl sites for hydroxylation is 1. The lowest BCUT2D eigenvalue weighted by atomic mass is 9.84. The maximum atomic E-state index is 13.4. The van der Waals surface area contributed by atoms with Gasteiger partial charge in [0.25, 0.3) is 5.56 Å². The van der Waals surface area contributed by atoms with Crippen LogP contribution in [0.5, 0.6) is 0 Å². The van der Waals surface area contributed by atoms with Gasteiger partial charge < -0.3 is 15.2 Å². The largest absolute Gasteiger partial charge is 0.359 e. The summed E-state index contributed by atoms with van der Waals surface area (Å²) in [7, 11) is 1.65. The van der Waals surface area contributed by atoms with Crippen molar-refractivity contribution in [1.82, 2.24) is 24.8 Å². The molecule has 2 aliphatic rings. The molecular weight excluding hydrogens is 461 g/mol. The third kappa shape index (κ3) is 4.86. The number of hydrogen-bond acceptors (Lipinski definition) is 4. The first-order valence-electron chi connectivity index (χ1n) is 10.9. The van der Waals surface area contributed by atoms with Crippen LogP contribution < -0.4 is 16.2 Å². The highest BCUT2D eigenvalue weighted by atomic mass is 35.5. The number of pyridine rings is 1. The number of benzene rings is 1. The Hall–Kier alpha value is -2.61. The molecule has 1 aromatic carbocycles. The van der Waals surface area contributed by atoms with Gasteiger partial charge in [-0.05, 0) is 55.1 Å². The number of imidazole rings is 1. The summed E-state index contributed by atoms with van der Waals surface area (Å²) in [6, 6.07) is 12.1. The molecular formula is C24H29Cl2N5O2. The number of hydrogen-bond donors (Lipinski definition) is 2. The fourth-order valence-electron chi connectivity index (χ4n) is 4.88. The van der Waals surface area contributed by atoms with E-state index in [2.05, 4.69) is 21.7 Å². The van der Waals surface area contributed by atoms with Crippen molar-refractivity contribution in [3.8, 4) is 17.1 Å². The van der Waals surface area contributed by atoms with Crippen LogP contribution in [0.3, 0.4) is 0 Å². The van der Waals surface area contributed by atoms with E-state index in [0.29, 0.717) is 36.1 Å². The monoisotopic (exact) mass is 489 g/mol. The number of amides is 1. The zero-order valence-electron chi connectivity index (χ0n) is 18.5. The summed E-state index contributed by atoms with van der Waals surface area (Å²) in [6.45, 7) is 2.69. The quantitative estimate of drug-likeness (QED) is 0.577. The second-order valence-electron chi connectivity index (χ2n) is 8.51. The number of aromatic nitrogens is 3. The molecule has 9 heteroatoms. The van der Waals surface area contributed by atoms with Crippen molar-refractivity contribution < 1.29 is 4.79 Å². The van der Waals surface area contributed by atoms with Crippen molar-refractivity contribution >= 4 is 30.7 Å². The van der Waals surface area contributed by atoms with Crippen LogP contribution in [-0.4, -0.2) is 40.2 Å². The van der Waals surface area contributed by atoms with E-state index in [0.717, 1.165) is 43.0 Å². The molecule has 2 bridgehead atoms. The van der Waals surface area contributed by atoms with E-state index in [1.807, 2.05) is 45.7 Å². The smallest absolute Gasteiger partial charge is 0.261 e. The van der Waals surface area contributed by atoms with Gasteiger partial charge in [-0.2, -0.15) is 0 Å². The van der Waals surface area contributed by atoms with Gasteiger partial charge in [-0.3, -0.25) is 14.2 Å². The fraction of sp³-hybridized carbons (Fsp3) is 0.375. The second kappa shape index (κ2) is 10.5. The highest BCUT2D eigenvalue weighted by molar-refractivity contribution is 5.85. The van der Waals surface area contributed by atoms with E-state index in [-0.39, 0.29) is 36.3 Å². The lowest BCUT2D eigenvalue weighted by molar-refractivity contribution is -0.120. The Morgan fingerprint density at radius 3 is 2.70 bits per heavy atom. The van der Waals surface area contributed by atoms with Crippen molar-refractivity contribution in [2.45, 2.75) is 31.7 Å². The van der Waals surface area contributed by atoms with Gasteiger partial charge in [-0.15, -0.1) is 24.8 Å². The predicted octanol–water partition coefficient (Wildman–Crippen LogP) is 2.93. The maximum Gasteiger partial charge on any atom is 0.261 e. The zero-order valence-corrected chi connectivity index (χ0v) is 20.1. The molecule has 2 aliphatic heterocycles. The van der Waals surface area contributed by atoms with E-state index in [1.165, 1.54) is 0 Å². The number of rotatable bonds is 5. The van der Waals surface area contributed by atoms with Gasteiger partial charge in [0, 0.05) is 56.3 Å². The first-order chi connectivity index (χ1) is 15.1. The van der Waals surface area contributed by atoms with Gasteiger partial charge in [0.15, 0.2) is 0 Å². The molecule has 2 N–H and O–H groups in total. The van der Waals surface area contributed by atoms with Crippen molar-refractivity contribution in [3.05, 3.63) is 70.4 Å². The minimum absolute atomic E-state index is 0. The van der Waals surface area contributed by atoms with Crippen LogP contribution in [0.1, 0.15) is 30.0 Å². The number of nitrogens with zero attached hydrogens (tertiary/aromatic N) is 3. The molecule has 0 unspecified atom stereocenters. The number of piperidine rings is 1. The van der Waals surface area contributed by atoms with Crippen LogP contribution in [0.25, 0.3) is 17.1 Å². The zero-order chi connectivity index (χ0) is 21.4. The van der Waals surface area contributed by atoms with Crippen molar-refractivity contribution in [2.75, 3.05) is 20.1 Å². The number of halogens is 2. The highest BCUT2D eigenvalue weighted by Crippen LogP contribution is 2.32. The molecule has 0 spiro atoms. The Balaban J connectivity index is 0.00000153. The molecule has 5 rings (SSSR count). The van der Waals surface area contributed by atoms with Crippen LogP contribution in [0.2, 0.25) is 0 Å². The summed E-state index contributed by atoms with van der Waals surface area (Å²) in [6.07, 6.45) is 5.94. The summed E-state index contributed by atoms with van der Waals surface area (Å²) in [4.78, 5) is 29.4. The average Bonchev–Trinajstić information content (AvgIpc) is 3.28. The third-order valence-corrected chi connectivity index (χ3v) is 6.52. The van der Waals surface area contributed by atoms with Gasteiger partial charge in [0.05, 0.1) is 5.56 Å². The molecule has 0 saturated carbocycles. The van der Waals surface area contributed by atoms with Crippen LogP contribution >= 0.6 is 24.8 Å². The Kier molecular flexibility index (Phi) is 8.00. The molecule has 3 aromatic rings. The van der Waals surface area contributed by atoms with Crippen molar-refractivity contribution in [2.24, 2.45) is 5.92 Å². The Morgan fingerprint density at radius 2 is 1.94 bits per heavy atom. The average molecular weight is 490 g/mol. The number of nitrogens with one attached hydrogen (secondary N) is 2. The van der Waals surface area contributed by atoms with Gasteiger partial charge in [-0.25, -0.2) is 4.98 Å². The van der Waals surface area contributed by atoms with Gasteiger partial charge >= 0.3 is 0 Å². The SMILES string of the molecule is CNC(=O)CCc1ccc(-n2ccnc2-c2ccc3n(c2=O)C[C@@H]2CNC[C@H]3C2)cc1.Cl.Cl. The molecule has 7 nitrogen and oxygen atoms in total. The van der Waals surface area contributed by atoms with Crippen LogP contribution in [-0.2, 0) is 17.8 Å². The Morgan fingerprint density at radius 1 is 1.15 bits per heavy atom. The topological polar surface area (TPSA) is 81.0 Å². The lowest BCUT2D eigenvalue weighted by Crippen LogP contribution is -2.45. The molecule has 2 aromatic heterocycles. The summed E-state index contributed by atoms with van der Waals surface area (Å²) >= 11 is 0. The first kappa shape index (κ1) is 25.0. The lowest BCUT2D eigenvalue weighted by Gasteiger charge is -2.37. The van der Waals surface area contributed by atoms with E-state index in [9.17, 15) is 9.59 Å². The van der Waals surface area contributed by atoms with E-state index < -0.39 is 0 Å². The molecule has 0 radical (unpaired) electrons. The van der Waals surface area contributed by atoms with Crippen molar-refractivity contribution in [3.63, 3.8) is 0 Å². The normalized spacial score (nSPS) is 18.5. The number of carbonyl (C=O) groups is 1. The second-order valence-corrected chi connectivity index (χ2v) is 8.51. The molecule has 2 atom stereocenters. The van der Waals surface area contributed by atoms with Gasteiger partial charge in [-0.1, -0.05) is 12.1 Å². The predicted molar refractivity (Wildman–Crippen MR) is 134 cm³/mol. The minimum atomic E-state index is 0. The first-order valence-corrected chi connectivity index (χ1v) is 10.9. The van der Waals surface area contributed by atoms with Crippen LogP contribution in [0.15, 0.2) is 53.6 Å². The summed E-state index contributed by atoms with van der Waals surface area (Å²) in [5.74, 6) is 1.62. The standard InChI is InChI=1S/C24H27N5O2.2ClH/c1-25-22(30)9-4-16-2-5-19(6-3-16)28-11-10-27-23(28)20-7-8-21-18-12-17(13-26-14-18)15-29(21)24(20)31;;/h2-3,5-8,10-11,17-18,26H,4,9,12-15H2,1H3,(H,25,30);2*1H/t17-,18+;;/m0../s1. The molecule has 176 valence electrons. The number of fused-ring (bicyclic) bond motifs is 4. The molecule has 1 saturated heterocycles. The van der Waals surface area contributed by atoms with E-state index in [1.54, 1.807) is 13.2 Å². The fourth-order valence-corrected chi connectivity index (χ4v) is 4.88. The molecule has 1 fully saturated rings. The molecule has 1 amide bonds. The molecule has 33 heavy (non-hydrogen) atoms.